The summed E-state index contributed by atoms with van der Waals surface area (Å²) in [7, 11) is 1.75. The van der Waals surface area contributed by atoms with Gasteiger partial charge in [-0.15, -0.1) is 0 Å². The fraction of sp³-hybridized carbons (Fsp3) is 0.364. The number of urea groups is 1. The first-order valence-corrected chi connectivity index (χ1v) is 10.7. The number of amides is 2. The third-order valence-corrected chi connectivity index (χ3v) is 5.89. The largest absolute Gasteiger partial charge is 0.483 e. The Labute approximate surface area is 190 Å². The highest BCUT2D eigenvalue weighted by molar-refractivity contribution is 6.04. The predicted molar refractivity (Wildman–Crippen MR) is 123 cm³/mol. The van der Waals surface area contributed by atoms with Crippen LogP contribution in [0.5, 0.6) is 0 Å². The number of anilines is 3. The molecule has 2 aromatic heterocycles. The summed E-state index contributed by atoms with van der Waals surface area (Å²) in [5, 5.41) is 17.9. The van der Waals surface area contributed by atoms with Crippen LogP contribution in [0.25, 0.3) is 10.9 Å². The van der Waals surface area contributed by atoms with Crippen LogP contribution in [0.3, 0.4) is 0 Å². The SMILES string of the molecule is Cc1c(NC(=O)N2CCc3c(N4CCNCC4)ccnc32)cc2cn(C)nc2c1F.O=CO. The molecule has 10 nitrogen and oxygen atoms in total. The van der Waals surface area contributed by atoms with Crippen LogP contribution in [0.1, 0.15) is 11.1 Å². The van der Waals surface area contributed by atoms with Crippen molar-refractivity contribution in [2.24, 2.45) is 7.05 Å². The number of aryl methyl sites for hydroxylation is 1. The lowest BCUT2D eigenvalue weighted by Gasteiger charge is -2.31. The summed E-state index contributed by atoms with van der Waals surface area (Å²) >= 11 is 0. The van der Waals surface area contributed by atoms with Crippen molar-refractivity contribution in [3.63, 3.8) is 0 Å². The van der Waals surface area contributed by atoms with Gasteiger partial charge in [0.15, 0.2) is 5.82 Å². The summed E-state index contributed by atoms with van der Waals surface area (Å²) in [6.45, 7) is 5.72. The number of carbonyl (C=O) groups is 2. The van der Waals surface area contributed by atoms with E-state index in [0.717, 1.165) is 43.9 Å². The first-order valence-electron chi connectivity index (χ1n) is 10.7. The van der Waals surface area contributed by atoms with Gasteiger partial charge in [0.25, 0.3) is 6.47 Å². The minimum absolute atomic E-state index is 0.250. The van der Waals surface area contributed by atoms with Gasteiger partial charge in [-0.05, 0) is 25.5 Å². The number of halogens is 1. The minimum Gasteiger partial charge on any atom is -0.483 e. The first kappa shape index (κ1) is 22.5. The number of aromatic nitrogens is 3. The van der Waals surface area contributed by atoms with Crippen molar-refractivity contribution in [2.75, 3.05) is 47.8 Å². The molecule has 3 N–H and O–H groups in total. The Kier molecular flexibility index (Phi) is 6.40. The normalized spacial score (nSPS) is 15.1. The second-order valence-corrected chi connectivity index (χ2v) is 7.91. The first-order chi connectivity index (χ1) is 15.9. The van der Waals surface area contributed by atoms with Crippen molar-refractivity contribution in [1.29, 1.82) is 0 Å². The van der Waals surface area contributed by atoms with E-state index in [-0.39, 0.29) is 12.5 Å². The molecular formula is C22H26FN7O3. The van der Waals surface area contributed by atoms with Crippen molar-refractivity contribution >= 4 is 40.6 Å². The average Bonchev–Trinajstić information content (AvgIpc) is 3.41. The smallest absolute Gasteiger partial charge is 0.327 e. The van der Waals surface area contributed by atoms with Crippen molar-refractivity contribution < 1.29 is 19.1 Å². The van der Waals surface area contributed by atoms with Crippen LogP contribution in [0, 0.1) is 12.7 Å². The number of carboxylic acid groups (broad SMARTS) is 1. The van der Waals surface area contributed by atoms with Crippen LogP contribution in [0.2, 0.25) is 0 Å². The Bertz CT molecular complexity index is 1190. The van der Waals surface area contributed by atoms with Gasteiger partial charge in [-0.3, -0.25) is 14.4 Å². The Balaban J connectivity index is 0.000000821. The summed E-state index contributed by atoms with van der Waals surface area (Å²) in [5.74, 6) is 0.272. The summed E-state index contributed by atoms with van der Waals surface area (Å²) in [4.78, 5) is 29.9. The summed E-state index contributed by atoms with van der Waals surface area (Å²) in [6.07, 6.45) is 4.25. The van der Waals surface area contributed by atoms with Gasteiger partial charge >= 0.3 is 6.03 Å². The number of benzene rings is 1. The minimum atomic E-state index is -0.413. The monoisotopic (exact) mass is 455 g/mol. The Morgan fingerprint density at radius 3 is 2.76 bits per heavy atom. The molecule has 11 heteroatoms. The van der Waals surface area contributed by atoms with Gasteiger partial charge in [-0.1, -0.05) is 0 Å². The van der Waals surface area contributed by atoms with Crippen LogP contribution in [0.15, 0.2) is 24.5 Å². The molecule has 0 bridgehead atoms. The average molecular weight is 455 g/mol. The van der Waals surface area contributed by atoms with E-state index in [1.807, 2.05) is 6.07 Å². The van der Waals surface area contributed by atoms with E-state index in [1.165, 1.54) is 0 Å². The van der Waals surface area contributed by atoms with Crippen LogP contribution < -0.4 is 20.4 Å². The van der Waals surface area contributed by atoms with Crippen LogP contribution in [0.4, 0.5) is 26.4 Å². The number of nitrogens with zero attached hydrogens (tertiary/aromatic N) is 5. The lowest BCUT2D eigenvalue weighted by atomic mass is 10.1. The van der Waals surface area contributed by atoms with Gasteiger partial charge in [0.2, 0.25) is 0 Å². The highest BCUT2D eigenvalue weighted by atomic mass is 19.1. The molecule has 1 fully saturated rings. The number of rotatable bonds is 2. The molecule has 174 valence electrons. The summed E-state index contributed by atoms with van der Waals surface area (Å²) in [6, 6.07) is 3.49. The van der Waals surface area contributed by atoms with Crippen LogP contribution in [-0.2, 0) is 18.3 Å². The van der Waals surface area contributed by atoms with Crippen molar-refractivity contribution in [3.8, 4) is 0 Å². The lowest BCUT2D eigenvalue weighted by Crippen LogP contribution is -2.43. The van der Waals surface area contributed by atoms with E-state index in [9.17, 15) is 9.18 Å². The summed E-state index contributed by atoms with van der Waals surface area (Å²) in [5.41, 5.74) is 3.37. The highest BCUT2D eigenvalue weighted by Gasteiger charge is 2.30. The zero-order valence-corrected chi connectivity index (χ0v) is 18.5. The van der Waals surface area contributed by atoms with Gasteiger partial charge in [-0.2, -0.15) is 5.10 Å². The van der Waals surface area contributed by atoms with Gasteiger partial charge in [0.05, 0.1) is 0 Å². The molecule has 2 aliphatic rings. The molecule has 0 spiro atoms. The van der Waals surface area contributed by atoms with E-state index in [1.54, 1.807) is 42.0 Å². The zero-order chi connectivity index (χ0) is 23.5. The molecule has 0 aliphatic carbocycles. The number of piperazine rings is 1. The quantitative estimate of drug-likeness (QED) is 0.507. The zero-order valence-electron chi connectivity index (χ0n) is 18.5. The van der Waals surface area contributed by atoms with E-state index < -0.39 is 5.82 Å². The second-order valence-electron chi connectivity index (χ2n) is 7.91. The van der Waals surface area contributed by atoms with E-state index in [0.29, 0.717) is 34.5 Å². The maximum atomic E-state index is 14.7. The molecule has 1 aromatic carbocycles. The second kappa shape index (κ2) is 9.41. The number of carbonyl (C=O) groups excluding carboxylic acids is 1. The third-order valence-electron chi connectivity index (χ3n) is 5.89. The molecule has 0 unspecified atom stereocenters. The molecule has 1 saturated heterocycles. The number of hydrogen-bond acceptors (Lipinski definition) is 6. The molecule has 0 radical (unpaired) electrons. The van der Waals surface area contributed by atoms with E-state index in [2.05, 4.69) is 25.6 Å². The molecule has 0 saturated carbocycles. The van der Waals surface area contributed by atoms with Crippen molar-refractivity contribution in [2.45, 2.75) is 13.3 Å². The third kappa shape index (κ3) is 4.31. The maximum absolute atomic E-state index is 14.7. The number of fused-ring (bicyclic) bond motifs is 2. The molecule has 5 rings (SSSR count). The standard InChI is InChI=1S/C21H24FN7O.CH2O2/c1-13-16(11-14-12-27(2)26-19(14)18(13)22)25-21(30)29-8-4-15-17(3-5-24-20(15)29)28-9-6-23-7-10-28;2-1-3/h3,5,11-12,23H,4,6-10H2,1-2H3,(H,25,30);1H,(H,2,3). The van der Waals surface area contributed by atoms with Gasteiger partial charge in [0, 0.05) is 80.1 Å². The van der Waals surface area contributed by atoms with Gasteiger partial charge in [0.1, 0.15) is 11.3 Å². The molecule has 2 amide bonds. The van der Waals surface area contributed by atoms with Crippen molar-refractivity contribution in [1.82, 2.24) is 20.1 Å². The Hall–Kier alpha value is -3.73. The van der Waals surface area contributed by atoms with Gasteiger partial charge in [-0.25, -0.2) is 14.2 Å². The molecule has 3 aromatic rings. The fourth-order valence-electron chi connectivity index (χ4n) is 4.33. The van der Waals surface area contributed by atoms with Crippen molar-refractivity contribution in [3.05, 3.63) is 41.5 Å². The van der Waals surface area contributed by atoms with E-state index in [4.69, 9.17) is 9.90 Å². The molecule has 0 atom stereocenters. The van der Waals surface area contributed by atoms with E-state index >= 15 is 0 Å². The molecule has 4 heterocycles. The topological polar surface area (TPSA) is 116 Å². The van der Waals surface area contributed by atoms with Crippen LogP contribution >= 0.6 is 0 Å². The number of pyridine rings is 1. The molecule has 2 aliphatic heterocycles. The van der Waals surface area contributed by atoms with Crippen LogP contribution in [-0.4, -0.2) is 65.1 Å². The molecular weight excluding hydrogens is 429 g/mol. The summed E-state index contributed by atoms with van der Waals surface area (Å²) < 4.78 is 16.3. The highest BCUT2D eigenvalue weighted by Crippen LogP contribution is 2.35. The lowest BCUT2D eigenvalue weighted by molar-refractivity contribution is -0.122. The molecule has 33 heavy (non-hydrogen) atoms. The predicted octanol–water partition coefficient (Wildman–Crippen LogP) is 2.12. The Morgan fingerprint density at radius 2 is 2.03 bits per heavy atom. The Morgan fingerprint density at radius 1 is 1.30 bits per heavy atom. The fourth-order valence-corrected chi connectivity index (χ4v) is 4.33. The number of hydrogen-bond donors (Lipinski definition) is 3. The number of nitrogens with one attached hydrogen (secondary N) is 2. The maximum Gasteiger partial charge on any atom is 0.327 e. The van der Waals surface area contributed by atoms with Gasteiger partial charge < -0.3 is 20.6 Å².